The summed E-state index contributed by atoms with van der Waals surface area (Å²) in [5.74, 6) is 1.73. The highest BCUT2D eigenvalue weighted by Crippen LogP contribution is 2.29. The van der Waals surface area contributed by atoms with Gasteiger partial charge >= 0.3 is 0 Å². The Balaban J connectivity index is 1.57. The van der Waals surface area contributed by atoms with E-state index in [1.54, 1.807) is 55.5 Å². The lowest BCUT2D eigenvalue weighted by Gasteiger charge is -2.26. The first-order chi connectivity index (χ1) is 15.0. The minimum absolute atomic E-state index is 0.107. The molecule has 0 spiro atoms. The lowest BCUT2D eigenvalue weighted by atomic mass is 10.1. The first-order valence-electron chi connectivity index (χ1n) is 9.77. The van der Waals surface area contributed by atoms with Crippen LogP contribution >= 0.6 is 11.6 Å². The number of methoxy groups -OCH3 is 1. The summed E-state index contributed by atoms with van der Waals surface area (Å²) in [5.41, 5.74) is 1.55. The maximum absolute atomic E-state index is 12.5. The minimum Gasteiger partial charge on any atom is -0.497 e. The number of carbonyl (C=O) groups excluding carboxylic acids is 1. The van der Waals surface area contributed by atoms with Crippen LogP contribution in [0.15, 0.2) is 72.8 Å². The molecule has 0 fully saturated rings. The second-order valence-corrected chi connectivity index (χ2v) is 7.40. The molecular formula is C24H25ClN2O4. The largest absolute Gasteiger partial charge is 0.497 e. The average molecular weight is 441 g/mol. The molecule has 31 heavy (non-hydrogen) atoms. The van der Waals surface area contributed by atoms with Crippen LogP contribution in [0.5, 0.6) is 17.2 Å². The third-order valence-electron chi connectivity index (χ3n) is 4.80. The fraction of sp³-hybridized carbons (Fsp3) is 0.208. The van der Waals surface area contributed by atoms with Gasteiger partial charge in [-0.25, -0.2) is 0 Å². The van der Waals surface area contributed by atoms with Crippen LogP contribution in [-0.2, 0) is 4.79 Å². The number of ether oxygens (including phenoxy) is 2. The van der Waals surface area contributed by atoms with Crippen molar-refractivity contribution in [3.8, 4) is 17.2 Å². The Labute approximate surface area is 187 Å². The summed E-state index contributed by atoms with van der Waals surface area (Å²) in [5, 5.41) is 13.2. The van der Waals surface area contributed by atoms with E-state index >= 15 is 0 Å². The highest BCUT2D eigenvalue weighted by Gasteiger charge is 2.19. The highest BCUT2D eigenvalue weighted by molar-refractivity contribution is 6.32. The molecule has 6 nitrogen and oxygen atoms in total. The topological polar surface area (TPSA) is 71.0 Å². The molecule has 0 aliphatic rings. The number of amides is 1. The Morgan fingerprint density at radius 3 is 2.29 bits per heavy atom. The number of anilines is 1. The molecule has 0 heterocycles. The van der Waals surface area contributed by atoms with Gasteiger partial charge < -0.3 is 19.9 Å². The number of hydrogen-bond acceptors (Lipinski definition) is 5. The number of nitrogens with zero attached hydrogens (tertiary/aromatic N) is 1. The molecule has 162 valence electrons. The molecule has 3 aromatic rings. The zero-order valence-corrected chi connectivity index (χ0v) is 18.2. The maximum Gasteiger partial charge on any atom is 0.238 e. The van der Waals surface area contributed by atoms with Gasteiger partial charge in [-0.05, 0) is 61.1 Å². The van der Waals surface area contributed by atoms with Crippen molar-refractivity contribution in [2.75, 3.05) is 32.6 Å². The van der Waals surface area contributed by atoms with Gasteiger partial charge in [-0.3, -0.25) is 9.69 Å². The first kappa shape index (κ1) is 22.6. The quantitative estimate of drug-likeness (QED) is 0.502. The molecule has 0 aliphatic carbocycles. The molecule has 0 saturated heterocycles. The summed E-state index contributed by atoms with van der Waals surface area (Å²) in [4.78, 5) is 14.3. The number of rotatable bonds is 9. The second-order valence-electron chi connectivity index (χ2n) is 6.99. The third kappa shape index (κ3) is 6.21. The summed E-state index contributed by atoms with van der Waals surface area (Å²) in [6.07, 6.45) is 0. The van der Waals surface area contributed by atoms with E-state index < -0.39 is 0 Å². The van der Waals surface area contributed by atoms with Crippen molar-refractivity contribution in [2.45, 2.75) is 6.04 Å². The summed E-state index contributed by atoms with van der Waals surface area (Å²) in [6, 6.07) is 21.4. The van der Waals surface area contributed by atoms with Crippen molar-refractivity contribution in [2.24, 2.45) is 0 Å². The van der Waals surface area contributed by atoms with E-state index in [9.17, 15) is 9.90 Å². The second kappa shape index (κ2) is 10.8. The SMILES string of the molecule is COc1ccc(C(CO)N(C)CC(=O)Nc2ccc(Oc3ccccc3Cl)cc2)cc1. The van der Waals surface area contributed by atoms with Gasteiger partial charge in [0.2, 0.25) is 5.91 Å². The Hall–Kier alpha value is -3.06. The van der Waals surface area contributed by atoms with Crippen LogP contribution in [0.25, 0.3) is 0 Å². The maximum atomic E-state index is 12.5. The van der Waals surface area contributed by atoms with E-state index in [0.29, 0.717) is 22.2 Å². The van der Waals surface area contributed by atoms with E-state index in [1.807, 2.05) is 36.4 Å². The number of aliphatic hydroxyl groups excluding tert-OH is 1. The molecule has 3 aromatic carbocycles. The van der Waals surface area contributed by atoms with Crippen LogP contribution in [0, 0.1) is 0 Å². The molecule has 0 bridgehead atoms. The van der Waals surface area contributed by atoms with Gasteiger partial charge in [0.1, 0.15) is 17.2 Å². The van der Waals surface area contributed by atoms with E-state index in [4.69, 9.17) is 21.1 Å². The molecule has 0 aliphatic heterocycles. The fourth-order valence-corrected chi connectivity index (χ4v) is 3.30. The lowest BCUT2D eigenvalue weighted by Crippen LogP contribution is -2.34. The van der Waals surface area contributed by atoms with Gasteiger partial charge in [-0.2, -0.15) is 0 Å². The standard InChI is InChI=1S/C24H25ClN2O4/c1-27(22(16-28)17-7-11-19(30-2)12-8-17)15-24(29)26-18-9-13-20(14-10-18)31-23-6-4-3-5-21(23)25/h3-14,22,28H,15-16H2,1-2H3,(H,26,29). The third-order valence-corrected chi connectivity index (χ3v) is 5.11. The summed E-state index contributed by atoms with van der Waals surface area (Å²) in [7, 11) is 3.40. The smallest absolute Gasteiger partial charge is 0.238 e. The van der Waals surface area contributed by atoms with Gasteiger partial charge in [0.25, 0.3) is 0 Å². The van der Waals surface area contributed by atoms with Crippen molar-refractivity contribution in [1.29, 1.82) is 0 Å². The van der Waals surface area contributed by atoms with E-state index in [1.165, 1.54) is 0 Å². The van der Waals surface area contributed by atoms with Crippen LogP contribution in [0.3, 0.4) is 0 Å². The van der Waals surface area contributed by atoms with E-state index in [2.05, 4.69) is 5.32 Å². The molecule has 0 saturated carbocycles. The van der Waals surface area contributed by atoms with Gasteiger partial charge in [-0.1, -0.05) is 35.9 Å². The number of aliphatic hydroxyl groups is 1. The number of hydrogen-bond donors (Lipinski definition) is 2. The molecule has 1 amide bonds. The van der Waals surface area contributed by atoms with Crippen molar-refractivity contribution in [3.63, 3.8) is 0 Å². The number of para-hydroxylation sites is 1. The number of benzene rings is 3. The van der Waals surface area contributed by atoms with Crippen molar-refractivity contribution >= 4 is 23.2 Å². The molecule has 0 radical (unpaired) electrons. The molecule has 1 atom stereocenters. The molecule has 1 unspecified atom stereocenters. The van der Waals surface area contributed by atoms with Gasteiger partial charge in [0.05, 0.1) is 31.3 Å². The van der Waals surface area contributed by atoms with Crippen LogP contribution in [0.1, 0.15) is 11.6 Å². The Kier molecular flexibility index (Phi) is 7.89. The summed E-state index contributed by atoms with van der Waals surface area (Å²) in [6.45, 7) is 0.0132. The Morgan fingerprint density at radius 2 is 1.68 bits per heavy atom. The van der Waals surface area contributed by atoms with Crippen LogP contribution in [0.2, 0.25) is 5.02 Å². The number of halogens is 1. The predicted octanol–water partition coefficient (Wildman–Crippen LogP) is 4.74. The molecular weight excluding hydrogens is 416 g/mol. The first-order valence-corrected chi connectivity index (χ1v) is 10.2. The average Bonchev–Trinajstić information content (AvgIpc) is 2.77. The Bertz CT molecular complexity index is 993. The summed E-state index contributed by atoms with van der Waals surface area (Å²) >= 11 is 6.11. The molecule has 2 N–H and O–H groups in total. The van der Waals surface area contributed by atoms with Gasteiger partial charge in [-0.15, -0.1) is 0 Å². The monoisotopic (exact) mass is 440 g/mol. The molecule has 7 heteroatoms. The zero-order valence-electron chi connectivity index (χ0n) is 17.4. The predicted molar refractivity (Wildman–Crippen MR) is 122 cm³/mol. The van der Waals surface area contributed by atoms with E-state index in [0.717, 1.165) is 11.3 Å². The Morgan fingerprint density at radius 1 is 1.03 bits per heavy atom. The van der Waals surface area contributed by atoms with Crippen molar-refractivity contribution in [3.05, 3.63) is 83.4 Å². The van der Waals surface area contributed by atoms with Crippen LogP contribution < -0.4 is 14.8 Å². The molecule has 3 rings (SSSR count). The van der Waals surface area contributed by atoms with E-state index in [-0.39, 0.29) is 25.1 Å². The van der Waals surface area contributed by atoms with Gasteiger partial charge in [0.15, 0.2) is 0 Å². The number of likely N-dealkylation sites (N-methyl/N-ethyl adjacent to an activating group) is 1. The van der Waals surface area contributed by atoms with Crippen molar-refractivity contribution in [1.82, 2.24) is 4.90 Å². The van der Waals surface area contributed by atoms with Crippen LogP contribution in [-0.4, -0.2) is 43.2 Å². The normalized spacial score (nSPS) is 11.8. The van der Waals surface area contributed by atoms with Crippen LogP contribution in [0.4, 0.5) is 5.69 Å². The molecule has 0 aromatic heterocycles. The lowest BCUT2D eigenvalue weighted by molar-refractivity contribution is -0.117. The number of nitrogens with one attached hydrogen (secondary N) is 1. The van der Waals surface area contributed by atoms with Gasteiger partial charge in [0, 0.05) is 5.69 Å². The van der Waals surface area contributed by atoms with Crippen molar-refractivity contribution < 1.29 is 19.4 Å². The minimum atomic E-state index is -0.303. The summed E-state index contributed by atoms with van der Waals surface area (Å²) < 4.78 is 10.9. The highest BCUT2D eigenvalue weighted by atomic mass is 35.5. The fourth-order valence-electron chi connectivity index (χ4n) is 3.12. The number of carbonyl (C=O) groups is 1. The zero-order chi connectivity index (χ0) is 22.2.